The van der Waals surface area contributed by atoms with Crippen molar-refractivity contribution in [3.8, 4) is 0 Å². The zero-order valence-corrected chi connectivity index (χ0v) is 9.05. The first-order valence-electron chi connectivity index (χ1n) is 4.82. The van der Waals surface area contributed by atoms with E-state index in [1.165, 1.54) is 0 Å². The summed E-state index contributed by atoms with van der Waals surface area (Å²) in [6.45, 7) is 7.83. The molecule has 1 atom stereocenters. The van der Waals surface area contributed by atoms with Gasteiger partial charge < -0.3 is 9.64 Å². The Kier molecular flexibility index (Phi) is 2.96. The summed E-state index contributed by atoms with van der Waals surface area (Å²) in [6, 6.07) is 0.409. The van der Waals surface area contributed by atoms with E-state index in [2.05, 4.69) is 20.8 Å². The summed E-state index contributed by atoms with van der Waals surface area (Å²) in [4.78, 5) is 2.05. The molecule has 1 aliphatic rings. The molecule has 1 unspecified atom stereocenters. The Morgan fingerprint density at radius 2 is 2.08 bits per heavy atom. The van der Waals surface area contributed by atoms with Crippen molar-refractivity contribution < 1.29 is 4.74 Å². The van der Waals surface area contributed by atoms with Gasteiger partial charge in [0.2, 0.25) is 0 Å². The summed E-state index contributed by atoms with van der Waals surface area (Å²) >= 11 is 0. The van der Waals surface area contributed by atoms with E-state index in [1.54, 1.807) is 0 Å². The third kappa shape index (κ3) is 2.44. The molecule has 0 spiro atoms. The average Bonchev–Trinajstić information content (AvgIpc) is 2.51. The van der Waals surface area contributed by atoms with Gasteiger partial charge in [-0.2, -0.15) is 0 Å². The second-order valence-corrected chi connectivity index (χ2v) is 4.73. The van der Waals surface area contributed by atoms with E-state index >= 15 is 0 Å². The smallest absolute Gasteiger partial charge is 0.101 e. The molecular weight excluding hydrogens is 164 g/mol. The molecule has 0 radical (unpaired) electrons. The molecular formula is C10H20N2O. The molecule has 1 heterocycles. The van der Waals surface area contributed by atoms with Gasteiger partial charge >= 0.3 is 0 Å². The molecule has 1 fully saturated rings. The van der Waals surface area contributed by atoms with E-state index in [4.69, 9.17) is 10.1 Å². The molecule has 0 aromatic heterocycles. The fourth-order valence-corrected chi connectivity index (χ4v) is 1.54. The highest BCUT2D eigenvalue weighted by Crippen LogP contribution is 2.21. The molecule has 1 saturated heterocycles. The lowest BCUT2D eigenvalue weighted by molar-refractivity contribution is 0.177. The van der Waals surface area contributed by atoms with Gasteiger partial charge in [-0.25, -0.2) is 0 Å². The van der Waals surface area contributed by atoms with Crippen molar-refractivity contribution in [1.82, 2.24) is 4.90 Å². The predicted molar refractivity (Wildman–Crippen MR) is 54.2 cm³/mol. The molecule has 0 aliphatic carbocycles. The number of nitrogens with zero attached hydrogens (tertiary/aromatic N) is 1. The molecule has 1 aliphatic heterocycles. The van der Waals surface area contributed by atoms with E-state index in [9.17, 15) is 0 Å². The number of amidine groups is 1. The molecule has 0 amide bonds. The first-order chi connectivity index (χ1) is 5.93. The van der Waals surface area contributed by atoms with Crippen LogP contribution in [-0.2, 0) is 4.74 Å². The van der Waals surface area contributed by atoms with Gasteiger partial charge in [-0.1, -0.05) is 20.8 Å². The van der Waals surface area contributed by atoms with Crippen LogP contribution >= 0.6 is 0 Å². The summed E-state index contributed by atoms with van der Waals surface area (Å²) in [5.74, 6) is 0.697. The largest absolute Gasteiger partial charge is 0.379 e. The van der Waals surface area contributed by atoms with Crippen molar-refractivity contribution in [2.75, 3.05) is 20.3 Å². The number of nitrogens with one attached hydrogen (secondary N) is 1. The average molecular weight is 184 g/mol. The molecule has 0 aromatic carbocycles. The van der Waals surface area contributed by atoms with Gasteiger partial charge in [-0.05, 0) is 6.42 Å². The molecule has 3 nitrogen and oxygen atoms in total. The Bertz CT molecular complexity index is 190. The van der Waals surface area contributed by atoms with Crippen LogP contribution < -0.4 is 0 Å². The maximum absolute atomic E-state index is 7.98. The van der Waals surface area contributed by atoms with Gasteiger partial charge in [0.1, 0.15) is 5.84 Å². The summed E-state index contributed by atoms with van der Waals surface area (Å²) in [5, 5.41) is 7.98. The second-order valence-electron chi connectivity index (χ2n) is 4.73. The molecule has 0 bridgehead atoms. The van der Waals surface area contributed by atoms with Crippen LogP contribution in [0.2, 0.25) is 0 Å². The Balaban J connectivity index is 2.56. The highest BCUT2D eigenvalue weighted by molar-refractivity contribution is 5.84. The number of rotatable bonds is 1. The van der Waals surface area contributed by atoms with Crippen molar-refractivity contribution in [3.05, 3.63) is 0 Å². The van der Waals surface area contributed by atoms with Crippen LogP contribution in [0.5, 0.6) is 0 Å². The number of hydrogen-bond donors (Lipinski definition) is 1. The highest BCUT2D eigenvalue weighted by atomic mass is 16.5. The van der Waals surface area contributed by atoms with Crippen LogP contribution in [0.4, 0.5) is 0 Å². The van der Waals surface area contributed by atoms with Crippen LogP contribution in [0.15, 0.2) is 0 Å². The van der Waals surface area contributed by atoms with Gasteiger partial charge in [0.25, 0.3) is 0 Å². The van der Waals surface area contributed by atoms with Crippen molar-refractivity contribution in [1.29, 1.82) is 5.41 Å². The minimum absolute atomic E-state index is 0.0582. The fraction of sp³-hybridized carbons (Fsp3) is 0.900. The third-order valence-electron chi connectivity index (χ3n) is 2.52. The minimum atomic E-state index is -0.0582. The Morgan fingerprint density at radius 3 is 2.46 bits per heavy atom. The Morgan fingerprint density at radius 1 is 1.46 bits per heavy atom. The SMILES string of the molecule is CN(C(=N)C(C)(C)C)C1CCOC1. The maximum atomic E-state index is 7.98. The first-order valence-corrected chi connectivity index (χ1v) is 4.82. The van der Waals surface area contributed by atoms with Crippen molar-refractivity contribution in [2.24, 2.45) is 5.41 Å². The monoisotopic (exact) mass is 184 g/mol. The van der Waals surface area contributed by atoms with Crippen molar-refractivity contribution in [3.63, 3.8) is 0 Å². The molecule has 13 heavy (non-hydrogen) atoms. The minimum Gasteiger partial charge on any atom is -0.379 e. The van der Waals surface area contributed by atoms with Crippen LogP contribution in [0.25, 0.3) is 0 Å². The van der Waals surface area contributed by atoms with Crippen molar-refractivity contribution in [2.45, 2.75) is 33.2 Å². The summed E-state index contributed by atoms with van der Waals surface area (Å²) < 4.78 is 5.30. The zero-order valence-electron chi connectivity index (χ0n) is 9.05. The van der Waals surface area contributed by atoms with E-state index in [0.29, 0.717) is 11.9 Å². The lowest BCUT2D eigenvalue weighted by Crippen LogP contribution is -2.43. The van der Waals surface area contributed by atoms with Gasteiger partial charge in [-0.15, -0.1) is 0 Å². The molecule has 0 saturated carbocycles. The lowest BCUT2D eigenvalue weighted by Gasteiger charge is -2.33. The van der Waals surface area contributed by atoms with Gasteiger partial charge in [0, 0.05) is 19.1 Å². The van der Waals surface area contributed by atoms with Gasteiger partial charge in [0.15, 0.2) is 0 Å². The zero-order chi connectivity index (χ0) is 10.1. The first kappa shape index (κ1) is 10.5. The van der Waals surface area contributed by atoms with Crippen molar-refractivity contribution >= 4 is 5.84 Å². The molecule has 76 valence electrons. The van der Waals surface area contributed by atoms with Crippen LogP contribution in [0.1, 0.15) is 27.2 Å². The van der Waals surface area contributed by atoms with Crippen LogP contribution in [0.3, 0.4) is 0 Å². The highest BCUT2D eigenvalue weighted by Gasteiger charge is 2.28. The van der Waals surface area contributed by atoms with E-state index < -0.39 is 0 Å². The topological polar surface area (TPSA) is 36.3 Å². The Labute approximate surface area is 80.6 Å². The molecule has 0 aromatic rings. The van der Waals surface area contributed by atoms with E-state index in [-0.39, 0.29) is 5.41 Å². The van der Waals surface area contributed by atoms with Gasteiger partial charge in [0.05, 0.1) is 12.6 Å². The standard InChI is InChI=1S/C10H20N2O/c1-10(2,3)9(11)12(4)8-5-6-13-7-8/h8,11H,5-7H2,1-4H3. The summed E-state index contributed by atoms with van der Waals surface area (Å²) in [5.41, 5.74) is -0.0582. The van der Waals surface area contributed by atoms with Crippen LogP contribution in [-0.4, -0.2) is 37.0 Å². The molecule has 1 N–H and O–H groups in total. The number of likely N-dealkylation sites (N-methyl/N-ethyl adjacent to an activating group) is 1. The summed E-state index contributed by atoms with van der Waals surface area (Å²) in [6.07, 6.45) is 1.05. The fourth-order valence-electron chi connectivity index (χ4n) is 1.54. The predicted octanol–water partition coefficient (Wildman–Crippen LogP) is 1.73. The van der Waals surface area contributed by atoms with E-state index in [0.717, 1.165) is 19.6 Å². The Hall–Kier alpha value is -0.570. The normalized spacial score (nSPS) is 23.2. The summed E-state index contributed by atoms with van der Waals surface area (Å²) in [7, 11) is 1.99. The van der Waals surface area contributed by atoms with E-state index in [1.807, 2.05) is 11.9 Å². The molecule has 3 heteroatoms. The number of hydrogen-bond acceptors (Lipinski definition) is 2. The molecule has 1 rings (SSSR count). The number of ether oxygens (including phenoxy) is 1. The third-order valence-corrected chi connectivity index (χ3v) is 2.52. The second kappa shape index (κ2) is 3.66. The van der Waals surface area contributed by atoms with Crippen LogP contribution in [0, 0.1) is 10.8 Å². The lowest BCUT2D eigenvalue weighted by atomic mass is 9.93. The maximum Gasteiger partial charge on any atom is 0.101 e. The van der Waals surface area contributed by atoms with Gasteiger partial charge in [-0.3, -0.25) is 5.41 Å². The quantitative estimate of drug-likeness (QED) is 0.497.